The number of pyridine rings is 2. The van der Waals surface area contributed by atoms with Gasteiger partial charge in [-0.15, -0.1) is 0 Å². The molecule has 5 rings (SSSR count). The summed E-state index contributed by atoms with van der Waals surface area (Å²) in [4.78, 5) is 28.4. The molecule has 1 fully saturated rings. The Kier molecular flexibility index (Phi) is 7.50. The van der Waals surface area contributed by atoms with Gasteiger partial charge in [0.1, 0.15) is 17.2 Å². The van der Waals surface area contributed by atoms with Crippen LogP contribution in [0.1, 0.15) is 56.7 Å². The van der Waals surface area contributed by atoms with Gasteiger partial charge in [0, 0.05) is 30.7 Å². The minimum atomic E-state index is -2.36. The standard InChI is InChI=1S/C28H28ClF2N7O2/c1-15-5-7-16(8-6-15)14-38-21(28(2,31)24-19(30)4-3-9-34-24)11-20-23(38)22(17-10-18(29)13-33-12-17)36-26(35-20)25(32)37-27(39)40/h3-4,9-13,15-16H,5-8,14H2,1-2H3,(H2,32,37)(H,39,40). The van der Waals surface area contributed by atoms with E-state index in [1.54, 1.807) is 10.6 Å². The molecule has 0 aliphatic heterocycles. The zero-order valence-electron chi connectivity index (χ0n) is 22.0. The molecular weight excluding hydrogens is 540 g/mol. The van der Waals surface area contributed by atoms with Crippen molar-refractivity contribution in [3.05, 3.63) is 70.9 Å². The predicted octanol–water partition coefficient (Wildman–Crippen LogP) is 6.33. The minimum absolute atomic E-state index is 0.124. The number of halogens is 3. The normalized spacial score (nSPS) is 18.8. The molecule has 0 bridgehead atoms. The summed E-state index contributed by atoms with van der Waals surface area (Å²) in [6.45, 7) is 3.90. The zero-order valence-corrected chi connectivity index (χ0v) is 22.7. The molecule has 1 atom stereocenters. The summed E-state index contributed by atoms with van der Waals surface area (Å²) in [5.74, 6) is -0.719. The van der Waals surface area contributed by atoms with Crippen molar-refractivity contribution >= 4 is 34.6 Å². The van der Waals surface area contributed by atoms with E-state index in [0.717, 1.165) is 31.7 Å². The van der Waals surface area contributed by atoms with Crippen molar-refractivity contribution in [3.63, 3.8) is 0 Å². The Morgan fingerprint density at radius 2 is 2.00 bits per heavy atom. The van der Waals surface area contributed by atoms with Crippen LogP contribution in [0.3, 0.4) is 0 Å². The Balaban J connectivity index is 1.79. The van der Waals surface area contributed by atoms with E-state index in [0.29, 0.717) is 34.3 Å². The van der Waals surface area contributed by atoms with Crippen LogP contribution >= 0.6 is 11.6 Å². The molecule has 1 unspecified atom stereocenters. The lowest BCUT2D eigenvalue weighted by molar-refractivity contribution is 0.200. The summed E-state index contributed by atoms with van der Waals surface area (Å²) < 4.78 is 33.5. The molecule has 4 aromatic heterocycles. The molecule has 1 aliphatic rings. The summed E-state index contributed by atoms with van der Waals surface area (Å²) in [5, 5.41) is 19.7. The highest BCUT2D eigenvalue weighted by Gasteiger charge is 2.38. The van der Waals surface area contributed by atoms with Gasteiger partial charge >= 0.3 is 6.09 Å². The third-order valence-electron chi connectivity index (χ3n) is 7.44. The Morgan fingerprint density at radius 1 is 1.25 bits per heavy atom. The molecule has 0 saturated heterocycles. The van der Waals surface area contributed by atoms with E-state index in [4.69, 9.17) is 22.1 Å². The Labute approximate surface area is 234 Å². The first-order valence-corrected chi connectivity index (χ1v) is 13.3. The minimum Gasteiger partial charge on any atom is -0.465 e. The van der Waals surface area contributed by atoms with E-state index in [1.165, 1.54) is 37.6 Å². The van der Waals surface area contributed by atoms with Crippen molar-refractivity contribution in [3.8, 4) is 11.3 Å². The van der Waals surface area contributed by atoms with Gasteiger partial charge < -0.3 is 9.67 Å². The van der Waals surface area contributed by atoms with Crippen molar-refractivity contribution in [2.24, 2.45) is 11.8 Å². The number of carbonyl (C=O) groups is 1. The molecule has 0 aromatic carbocycles. The molecule has 3 N–H and O–H groups in total. The molecule has 12 heteroatoms. The molecule has 1 aliphatic carbocycles. The Bertz CT molecular complexity index is 1600. The fraction of sp³-hybridized carbons (Fsp3) is 0.357. The van der Waals surface area contributed by atoms with Crippen molar-refractivity contribution < 1.29 is 18.7 Å². The topological polar surface area (TPSA) is 130 Å². The Morgan fingerprint density at radius 3 is 2.67 bits per heavy atom. The first-order valence-electron chi connectivity index (χ1n) is 13.0. The molecule has 208 valence electrons. The number of amidine groups is 1. The number of carboxylic acid groups (broad SMARTS) is 1. The number of nitrogens with one attached hydrogen (secondary N) is 2. The van der Waals surface area contributed by atoms with Crippen LogP contribution in [0.5, 0.6) is 0 Å². The van der Waals surface area contributed by atoms with Crippen LogP contribution < -0.4 is 5.32 Å². The van der Waals surface area contributed by atoms with Crippen molar-refractivity contribution in [1.29, 1.82) is 5.41 Å². The number of nitrogens with zero attached hydrogens (tertiary/aromatic N) is 5. The third kappa shape index (κ3) is 5.38. The van der Waals surface area contributed by atoms with Crippen LogP contribution in [-0.4, -0.2) is 41.5 Å². The molecule has 4 heterocycles. The lowest BCUT2D eigenvalue weighted by atomic mass is 9.83. The van der Waals surface area contributed by atoms with Gasteiger partial charge in [-0.3, -0.25) is 20.7 Å². The van der Waals surface area contributed by atoms with Crippen LogP contribution in [0.4, 0.5) is 13.6 Å². The highest BCUT2D eigenvalue weighted by molar-refractivity contribution is 6.30. The average molecular weight is 568 g/mol. The lowest BCUT2D eigenvalue weighted by Crippen LogP contribution is -2.30. The molecular formula is C28H28ClF2N7O2. The Hall–Kier alpha value is -3.99. The summed E-state index contributed by atoms with van der Waals surface area (Å²) in [6, 6.07) is 5.68. The average Bonchev–Trinajstić information content (AvgIpc) is 3.28. The highest BCUT2D eigenvalue weighted by Crippen LogP contribution is 2.41. The number of aromatic nitrogens is 5. The summed E-state index contributed by atoms with van der Waals surface area (Å²) in [7, 11) is 0. The number of rotatable bonds is 6. The van der Waals surface area contributed by atoms with Gasteiger partial charge in [0.05, 0.1) is 21.7 Å². The maximum Gasteiger partial charge on any atom is 0.410 e. The molecule has 0 spiro atoms. The largest absolute Gasteiger partial charge is 0.465 e. The second kappa shape index (κ2) is 10.9. The van der Waals surface area contributed by atoms with Gasteiger partial charge in [0.25, 0.3) is 0 Å². The fourth-order valence-electron chi connectivity index (χ4n) is 5.39. The van der Waals surface area contributed by atoms with E-state index >= 15 is 4.39 Å². The van der Waals surface area contributed by atoms with E-state index < -0.39 is 23.4 Å². The number of amides is 1. The summed E-state index contributed by atoms with van der Waals surface area (Å²) in [6.07, 6.45) is 6.85. The molecule has 9 nitrogen and oxygen atoms in total. The number of hydrogen-bond donors (Lipinski definition) is 3. The number of hydrogen-bond acceptors (Lipinski definition) is 6. The maximum absolute atomic E-state index is 16.8. The van der Waals surface area contributed by atoms with Crippen LogP contribution in [-0.2, 0) is 12.2 Å². The van der Waals surface area contributed by atoms with Crippen molar-refractivity contribution in [2.45, 2.75) is 51.7 Å². The second-order valence-corrected chi connectivity index (χ2v) is 10.9. The molecule has 40 heavy (non-hydrogen) atoms. The van der Waals surface area contributed by atoms with E-state index in [2.05, 4.69) is 26.9 Å². The van der Waals surface area contributed by atoms with Crippen LogP contribution in [0.25, 0.3) is 22.3 Å². The fourth-order valence-corrected chi connectivity index (χ4v) is 5.56. The monoisotopic (exact) mass is 567 g/mol. The first kappa shape index (κ1) is 27.6. The van der Waals surface area contributed by atoms with Crippen LogP contribution in [0, 0.1) is 23.1 Å². The number of alkyl halides is 1. The molecule has 1 amide bonds. The molecule has 1 saturated carbocycles. The van der Waals surface area contributed by atoms with Gasteiger partial charge in [0.15, 0.2) is 17.3 Å². The van der Waals surface area contributed by atoms with Crippen molar-refractivity contribution in [1.82, 2.24) is 29.8 Å². The quantitative estimate of drug-likeness (QED) is 0.184. The van der Waals surface area contributed by atoms with E-state index in [-0.39, 0.29) is 28.6 Å². The van der Waals surface area contributed by atoms with Gasteiger partial charge in [0.2, 0.25) is 0 Å². The van der Waals surface area contributed by atoms with Gasteiger partial charge in [-0.05, 0) is 55.9 Å². The smallest absolute Gasteiger partial charge is 0.410 e. The van der Waals surface area contributed by atoms with Gasteiger partial charge in [-0.1, -0.05) is 31.4 Å². The summed E-state index contributed by atoms with van der Waals surface area (Å²) in [5.41, 5.74) is -1.13. The predicted molar refractivity (Wildman–Crippen MR) is 147 cm³/mol. The molecule has 4 aromatic rings. The second-order valence-electron chi connectivity index (χ2n) is 10.4. The SMILES string of the molecule is CC1CCC(Cn2c(C(C)(F)c3ncccc3F)cc3nc(C(=N)NC(=O)O)nc(-c4cncc(Cl)c4)c32)CC1. The third-order valence-corrected chi connectivity index (χ3v) is 7.65. The summed E-state index contributed by atoms with van der Waals surface area (Å²) >= 11 is 6.25. The van der Waals surface area contributed by atoms with E-state index in [9.17, 15) is 9.18 Å². The highest BCUT2D eigenvalue weighted by atomic mass is 35.5. The maximum atomic E-state index is 16.8. The van der Waals surface area contributed by atoms with Gasteiger partial charge in [-0.2, -0.15) is 0 Å². The van der Waals surface area contributed by atoms with E-state index in [1.807, 2.05) is 5.32 Å². The lowest BCUT2D eigenvalue weighted by Gasteiger charge is -2.29. The zero-order chi connectivity index (χ0) is 28.6. The van der Waals surface area contributed by atoms with Crippen molar-refractivity contribution in [2.75, 3.05) is 0 Å². The van der Waals surface area contributed by atoms with Gasteiger partial charge in [-0.25, -0.2) is 23.5 Å². The van der Waals surface area contributed by atoms with Crippen LogP contribution in [0.2, 0.25) is 5.02 Å². The van der Waals surface area contributed by atoms with Crippen LogP contribution in [0.15, 0.2) is 42.9 Å². The first-order chi connectivity index (χ1) is 19.0. The molecule has 0 radical (unpaired) electrons. The number of fused-ring (bicyclic) bond motifs is 1.